The molecule has 1 aromatic heterocycles. The molecule has 1 atom stereocenters. The van der Waals surface area contributed by atoms with E-state index in [1.54, 1.807) is 4.88 Å². The Hall–Kier alpha value is -0.380. The van der Waals surface area contributed by atoms with E-state index in [-0.39, 0.29) is 0 Å². The maximum atomic E-state index is 6.10. The summed E-state index contributed by atoms with van der Waals surface area (Å²) < 4.78 is 0. The highest BCUT2D eigenvalue weighted by Gasteiger charge is 2.39. The quantitative estimate of drug-likeness (QED) is 0.852. The van der Waals surface area contributed by atoms with Crippen LogP contribution in [0.3, 0.4) is 0 Å². The summed E-state index contributed by atoms with van der Waals surface area (Å²) in [5, 5.41) is 2.24. The van der Waals surface area contributed by atoms with E-state index in [0.29, 0.717) is 12.1 Å². The highest BCUT2D eigenvalue weighted by Crippen LogP contribution is 2.47. The van der Waals surface area contributed by atoms with Gasteiger partial charge in [-0.25, -0.2) is 0 Å². The first-order valence-corrected chi connectivity index (χ1v) is 9.22. The summed E-state index contributed by atoms with van der Waals surface area (Å²) in [7, 11) is 0. The lowest BCUT2D eigenvalue weighted by atomic mass is 9.89. The van der Waals surface area contributed by atoms with Gasteiger partial charge < -0.3 is 5.73 Å². The molecule has 2 aliphatic rings. The molecule has 2 saturated carbocycles. The van der Waals surface area contributed by atoms with Gasteiger partial charge in [0.25, 0.3) is 0 Å². The van der Waals surface area contributed by atoms with Crippen LogP contribution < -0.4 is 5.73 Å². The maximum absolute atomic E-state index is 6.10. The van der Waals surface area contributed by atoms with Crippen molar-refractivity contribution in [1.82, 2.24) is 4.90 Å². The fraction of sp³-hybridized carbons (Fsp3) is 0.765. The minimum atomic E-state index is 0.454. The Morgan fingerprint density at radius 1 is 1.25 bits per heavy atom. The number of nitrogens with zero attached hydrogens (tertiary/aromatic N) is 1. The summed E-state index contributed by atoms with van der Waals surface area (Å²) in [5.74, 6) is 0.913. The summed E-state index contributed by atoms with van der Waals surface area (Å²) in [4.78, 5) is 4.44. The van der Waals surface area contributed by atoms with Crippen LogP contribution in [0.25, 0.3) is 0 Å². The highest BCUT2D eigenvalue weighted by atomic mass is 32.1. The third-order valence-electron chi connectivity index (χ3n) is 4.95. The van der Waals surface area contributed by atoms with Crippen molar-refractivity contribution in [3.8, 4) is 0 Å². The lowest BCUT2D eigenvalue weighted by Crippen LogP contribution is -2.43. The molecule has 0 amide bonds. The van der Waals surface area contributed by atoms with E-state index in [2.05, 4.69) is 29.3 Å². The van der Waals surface area contributed by atoms with Crippen molar-refractivity contribution >= 4 is 11.3 Å². The summed E-state index contributed by atoms with van der Waals surface area (Å²) in [6, 6.07) is 6.48. The van der Waals surface area contributed by atoms with Gasteiger partial charge in [-0.15, -0.1) is 11.3 Å². The Kier molecular flexibility index (Phi) is 4.79. The molecular formula is C17H28N2S. The Labute approximate surface area is 127 Å². The molecule has 3 heteroatoms. The van der Waals surface area contributed by atoms with E-state index in [4.69, 9.17) is 5.73 Å². The lowest BCUT2D eigenvalue weighted by molar-refractivity contribution is 0.0886. The molecule has 20 heavy (non-hydrogen) atoms. The second kappa shape index (κ2) is 6.59. The molecule has 0 radical (unpaired) electrons. The molecule has 1 aromatic rings. The summed E-state index contributed by atoms with van der Waals surface area (Å²) in [6.07, 6.45) is 9.14. The Bertz CT molecular complexity index is 391. The fourth-order valence-corrected chi connectivity index (χ4v) is 4.72. The summed E-state index contributed by atoms with van der Waals surface area (Å²) in [6.45, 7) is 3.57. The Morgan fingerprint density at radius 2 is 2.00 bits per heavy atom. The predicted octanol–water partition coefficient (Wildman–Crippen LogP) is 4.18. The van der Waals surface area contributed by atoms with Crippen LogP contribution >= 0.6 is 11.3 Å². The van der Waals surface area contributed by atoms with E-state index >= 15 is 0 Å². The van der Waals surface area contributed by atoms with Gasteiger partial charge in [-0.3, -0.25) is 4.90 Å². The summed E-state index contributed by atoms with van der Waals surface area (Å²) >= 11 is 1.95. The van der Waals surface area contributed by atoms with E-state index in [0.717, 1.165) is 12.0 Å². The molecule has 3 rings (SSSR count). The van der Waals surface area contributed by atoms with Gasteiger partial charge >= 0.3 is 0 Å². The molecule has 0 aliphatic heterocycles. The minimum Gasteiger partial charge on any atom is -0.328 e. The molecule has 0 bridgehead atoms. The van der Waals surface area contributed by atoms with E-state index < -0.39 is 0 Å². The van der Waals surface area contributed by atoms with Crippen LogP contribution in [-0.2, 0) is 0 Å². The highest BCUT2D eigenvalue weighted by molar-refractivity contribution is 7.10. The number of hydrogen-bond donors (Lipinski definition) is 1. The van der Waals surface area contributed by atoms with Crippen molar-refractivity contribution < 1.29 is 0 Å². The van der Waals surface area contributed by atoms with Gasteiger partial charge in [-0.2, -0.15) is 0 Å². The average molecular weight is 292 g/mol. The molecule has 0 aromatic carbocycles. The first-order valence-electron chi connectivity index (χ1n) is 8.34. The average Bonchev–Trinajstić information content (AvgIpc) is 3.14. The van der Waals surface area contributed by atoms with Crippen LogP contribution in [0.4, 0.5) is 0 Å². The van der Waals surface area contributed by atoms with Gasteiger partial charge in [0.1, 0.15) is 0 Å². The second-order valence-electron chi connectivity index (χ2n) is 6.60. The third-order valence-corrected chi connectivity index (χ3v) is 5.90. The first kappa shape index (κ1) is 14.6. The van der Waals surface area contributed by atoms with Crippen LogP contribution in [-0.4, -0.2) is 23.5 Å². The Balaban J connectivity index is 1.77. The predicted molar refractivity (Wildman–Crippen MR) is 87.0 cm³/mol. The van der Waals surface area contributed by atoms with Crippen molar-refractivity contribution in [3.63, 3.8) is 0 Å². The van der Waals surface area contributed by atoms with Crippen LogP contribution in [0, 0.1) is 5.92 Å². The maximum Gasteiger partial charge on any atom is 0.0472 e. The number of hydrogen-bond acceptors (Lipinski definition) is 3. The van der Waals surface area contributed by atoms with E-state index in [1.165, 1.54) is 51.5 Å². The van der Waals surface area contributed by atoms with E-state index in [1.807, 2.05) is 11.3 Å². The molecule has 2 nitrogen and oxygen atoms in total. The van der Waals surface area contributed by atoms with Crippen molar-refractivity contribution in [2.24, 2.45) is 11.7 Å². The summed E-state index contributed by atoms with van der Waals surface area (Å²) in [5.41, 5.74) is 6.10. The number of thiophene rings is 1. The van der Waals surface area contributed by atoms with Crippen molar-refractivity contribution in [2.75, 3.05) is 6.54 Å². The van der Waals surface area contributed by atoms with Gasteiger partial charge in [-0.05, 0) is 68.9 Å². The normalized spacial score (nSPS) is 28.8. The lowest BCUT2D eigenvalue weighted by Gasteiger charge is -2.41. The van der Waals surface area contributed by atoms with Gasteiger partial charge in [0.05, 0.1) is 0 Å². The van der Waals surface area contributed by atoms with Gasteiger partial charge in [0.2, 0.25) is 0 Å². The first-order chi connectivity index (χ1) is 9.79. The second-order valence-corrected chi connectivity index (χ2v) is 7.58. The Morgan fingerprint density at radius 3 is 2.55 bits per heavy atom. The molecule has 112 valence electrons. The van der Waals surface area contributed by atoms with Crippen molar-refractivity contribution in [3.05, 3.63) is 22.4 Å². The monoisotopic (exact) mass is 292 g/mol. The van der Waals surface area contributed by atoms with Gasteiger partial charge in [0.15, 0.2) is 0 Å². The molecular weight excluding hydrogens is 264 g/mol. The zero-order valence-corrected chi connectivity index (χ0v) is 13.4. The molecule has 1 unspecified atom stereocenters. The number of rotatable bonds is 6. The van der Waals surface area contributed by atoms with Crippen molar-refractivity contribution in [1.29, 1.82) is 0 Å². The molecule has 2 N–H and O–H groups in total. The van der Waals surface area contributed by atoms with Gasteiger partial charge in [0, 0.05) is 23.0 Å². The third kappa shape index (κ3) is 3.26. The van der Waals surface area contributed by atoms with Crippen LogP contribution in [0.5, 0.6) is 0 Å². The molecule has 0 spiro atoms. The van der Waals surface area contributed by atoms with Crippen molar-refractivity contribution in [2.45, 2.75) is 70.0 Å². The van der Waals surface area contributed by atoms with Crippen LogP contribution in [0.15, 0.2) is 17.5 Å². The topological polar surface area (TPSA) is 29.3 Å². The zero-order valence-electron chi connectivity index (χ0n) is 12.6. The smallest absolute Gasteiger partial charge is 0.0472 e. The molecule has 0 saturated heterocycles. The SMILES string of the molecule is CCCN(C1CCC(N)CC1)C(c1cccs1)C1CC1. The minimum absolute atomic E-state index is 0.454. The fourth-order valence-electron chi connectivity index (χ4n) is 3.78. The largest absolute Gasteiger partial charge is 0.328 e. The van der Waals surface area contributed by atoms with E-state index in [9.17, 15) is 0 Å². The molecule has 2 aliphatic carbocycles. The standard InChI is InChI=1S/C17H28N2S/c1-2-11-19(15-9-7-14(18)8-10-15)17(13-5-6-13)16-4-3-12-20-16/h3-4,12-15,17H,2,5-11,18H2,1H3. The van der Waals surface area contributed by atoms with Crippen LogP contribution in [0.2, 0.25) is 0 Å². The zero-order chi connectivity index (χ0) is 13.9. The van der Waals surface area contributed by atoms with Crippen LogP contribution in [0.1, 0.15) is 62.8 Å². The van der Waals surface area contributed by atoms with Gasteiger partial charge in [-0.1, -0.05) is 13.0 Å². The number of nitrogens with two attached hydrogens (primary N) is 1. The molecule has 2 fully saturated rings. The molecule has 1 heterocycles.